The predicted octanol–water partition coefficient (Wildman–Crippen LogP) is 6.81. The van der Waals surface area contributed by atoms with Gasteiger partial charge in [-0.15, -0.1) is 0 Å². The molecule has 2 heteroatoms. The SMILES string of the molecule is CCOC(=O)c1ccc(/C=C(\C)c2ccc3c(C)c(C)c(C)c(C)c3c2)cc1. The van der Waals surface area contributed by atoms with Crippen LogP contribution in [-0.4, -0.2) is 12.6 Å². The van der Waals surface area contributed by atoms with Gasteiger partial charge in [-0.05, 0) is 109 Å². The van der Waals surface area contributed by atoms with Crippen LogP contribution in [0.4, 0.5) is 0 Å². The second-order valence-corrected chi connectivity index (χ2v) is 7.43. The monoisotopic (exact) mass is 372 g/mol. The fraction of sp³-hybridized carbons (Fsp3) is 0.269. The second-order valence-electron chi connectivity index (χ2n) is 7.43. The van der Waals surface area contributed by atoms with Crippen LogP contribution in [0.5, 0.6) is 0 Å². The molecule has 0 aliphatic carbocycles. The molecule has 0 aliphatic heterocycles. The number of ether oxygens (including phenoxy) is 1. The Kier molecular flexibility index (Phi) is 5.69. The molecule has 0 fully saturated rings. The van der Waals surface area contributed by atoms with Crippen LogP contribution in [0.1, 0.15) is 57.6 Å². The summed E-state index contributed by atoms with van der Waals surface area (Å²) in [5.74, 6) is -0.277. The topological polar surface area (TPSA) is 26.3 Å². The first-order chi connectivity index (χ1) is 13.3. The lowest BCUT2D eigenvalue weighted by Gasteiger charge is -2.15. The van der Waals surface area contributed by atoms with E-state index in [1.54, 1.807) is 0 Å². The Hall–Kier alpha value is -2.87. The van der Waals surface area contributed by atoms with E-state index in [1.807, 2.05) is 31.2 Å². The minimum atomic E-state index is -0.277. The molecule has 0 saturated heterocycles. The first-order valence-electron chi connectivity index (χ1n) is 9.79. The lowest BCUT2D eigenvalue weighted by molar-refractivity contribution is 0.0526. The molecule has 2 nitrogen and oxygen atoms in total. The molecule has 3 aromatic carbocycles. The highest BCUT2D eigenvalue weighted by Crippen LogP contribution is 2.31. The van der Waals surface area contributed by atoms with E-state index in [4.69, 9.17) is 4.74 Å². The Morgan fingerprint density at radius 1 is 0.821 bits per heavy atom. The average Bonchev–Trinajstić information content (AvgIpc) is 2.71. The summed E-state index contributed by atoms with van der Waals surface area (Å²) < 4.78 is 5.04. The minimum absolute atomic E-state index is 0.277. The van der Waals surface area contributed by atoms with Crippen molar-refractivity contribution in [2.24, 2.45) is 0 Å². The average molecular weight is 373 g/mol. The van der Waals surface area contributed by atoms with Gasteiger partial charge in [-0.2, -0.15) is 0 Å². The zero-order chi connectivity index (χ0) is 20.4. The summed E-state index contributed by atoms with van der Waals surface area (Å²) in [4.78, 5) is 11.8. The Morgan fingerprint density at radius 2 is 1.39 bits per heavy atom. The number of hydrogen-bond donors (Lipinski definition) is 0. The Balaban J connectivity index is 1.97. The van der Waals surface area contributed by atoms with Gasteiger partial charge in [-0.3, -0.25) is 0 Å². The van der Waals surface area contributed by atoms with Gasteiger partial charge < -0.3 is 4.74 Å². The second kappa shape index (κ2) is 8.02. The molecular formula is C26H28O2. The Bertz CT molecular complexity index is 1070. The molecule has 3 aromatic rings. The maximum Gasteiger partial charge on any atom is 0.338 e. The number of esters is 1. The molecule has 0 amide bonds. The summed E-state index contributed by atoms with van der Waals surface area (Å²) in [7, 11) is 0. The fourth-order valence-electron chi connectivity index (χ4n) is 3.66. The van der Waals surface area contributed by atoms with Gasteiger partial charge in [0.2, 0.25) is 0 Å². The van der Waals surface area contributed by atoms with Crippen LogP contribution in [0, 0.1) is 27.7 Å². The Morgan fingerprint density at radius 3 is 2.00 bits per heavy atom. The molecule has 0 aromatic heterocycles. The van der Waals surface area contributed by atoms with Crippen LogP contribution in [0.3, 0.4) is 0 Å². The predicted molar refractivity (Wildman–Crippen MR) is 119 cm³/mol. The maximum atomic E-state index is 11.8. The zero-order valence-electron chi connectivity index (χ0n) is 17.6. The van der Waals surface area contributed by atoms with Gasteiger partial charge in [0.15, 0.2) is 0 Å². The lowest BCUT2D eigenvalue weighted by atomic mass is 9.90. The van der Waals surface area contributed by atoms with Gasteiger partial charge >= 0.3 is 5.97 Å². The summed E-state index contributed by atoms with van der Waals surface area (Å²) >= 11 is 0. The molecule has 0 unspecified atom stereocenters. The minimum Gasteiger partial charge on any atom is -0.462 e. The highest BCUT2D eigenvalue weighted by atomic mass is 16.5. The van der Waals surface area contributed by atoms with E-state index in [2.05, 4.69) is 58.9 Å². The molecule has 0 heterocycles. The van der Waals surface area contributed by atoms with Crippen molar-refractivity contribution >= 4 is 28.4 Å². The van der Waals surface area contributed by atoms with Gasteiger partial charge in [0.05, 0.1) is 12.2 Å². The number of fused-ring (bicyclic) bond motifs is 1. The fourth-order valence-corrected chi connectivity index (χ4v) is 3.66. The molecule has 0 N–H and O–H groups in total. The van der Waals surface area contributed by atoms with E-state index in [9.17, 15) is 4.79 Å². The van der Waals surface area contributed by atoms with E-state index < -0.39 is 0 Å². The number of allylic oxidation sites excluding steroid dienone is 1. The largest absolute Gasteiger partial charge is 0.462 e. The van der Waals surface area contributed by atoms with Crippen molar-refractivity contribution in [2.75, 3.05) is 6.61 Å². The van der Waals surface area contributed by atoms with Crippen molar-refractivity contribution in [3.63, 3.8) is 0 Å². The van der Waals surface area contributed by atoms with Crippen LogP contribution in [0.2, 0.25) is 0 Å². The number of rotatable bonds is 4. The van der Waals surface area contributed by atoms with Gasteiger partial charge in [-0.25, -0.2) is 4.79 Å². The summed E-state index contributed by atoms with van der Waals surface area (Å²) in [5.41, 5.74) is 9.53. The third kappa shape index (κ3) is 3.73. The highest BCUT2D eigenvalue weighted by Gasteiger charge is 2.10. The molecule has 28 heavy (non-hydrogen) atoms. The third-order valence-electron chi connectivity index (χ3n) is 5.78. The summed E-state index contributed by atoms with van der Waals surface area (Å²) in [6.45, 7) is 13.2. The van der Waals surface area contributed by atoms with E-state index in [0.717, 1.165) is 5.56 Å². The molecule has 0 bridgehead atoms. The van der Waals surface area contributed by atoms with Gasteiger partial charge in [0.25, 0.3) is 0 Å². The van der Waals surface area contributed by atoms with Crippen LogP contribution >= 0.6 is 0 Å². The van der Waals surface area contributed by atoms with Crippen molar-refractivity contribution < 1.29 is 9.53 Å². The van der Waals surface area contributed by atoms with Gasteiger partial charge in [0, 0.05) is 0 Å². The molecule has 0 spiro atoms. The molecule has 0 aliphatic rings. The first kappa shape index (κ1) is 19.9. The molecule has 0 atom stereocenters. The number of benzene rings is 3. The van der Waals surface area contributed by atoms with Crippen LogP contribution < -0.4 is 0 Å². The standard InChI is InChI=1S/C26H28O2/c1-7-28-26(27)22-10-8-21(9-11-22)14-16(2)23-12-13-24-19(5)17(3)18(4)20(6)25(24)15-23/h8-15H,7H2,1-6H3/b16-14+. The number of carbonyl (C=O) groups excluding carboxylic acids is 1. The van der Waals surface area contributed by atoms with Crippen molar-refractivity contribution in [3.8, 4) is 0 Å². The smallest absolute Gasteiger partial charge is 0.338 e. The quantitative estimate of drug-likeness (QED) is 0.371. The van der Waals surface area contributed by atoms with E-state index >= 15 is 0 Å². The zero-order valence-corrected chi connectivity index (χ0v) is 17.6. The molecule has 3 rings (SSSR count). The maximum absolute atomic E-state index is 11.8. The summed E-state index contributed by atoms with van der Waals surface area (Å²) in [6, 6.07) is 14.3. The first-order valence-corrected chi connectivity index (χ1v) is 9.79. The van der Waals surface area contributed by atoms with Gasteiger partial charge in [-0.1, -0.05) is 30.3 Å². The number of aryl methyl sites for hydroxylation is 2. The molecule has 144 valence electrons. The summed E-state index contributed by atoms with van der Waals surface area (Å²) in [5, 5.41) is 2.65. The number of carbonyl (C=O) groups is 1. The van der Waals surface area contributed by atoms with Crippen molar-refractivity contribution in [1.29, 1.82) is 0 Å². The van der Waals surface area contributed by atoms with Crippen LogP contribution in [0.15, 0.2) is 42.5 Å². The lowest BCUT2D eigenvalue weighted by Crippen LogP contribution is -2.03. The highest BCUT2D eigenvalue weighted by molar-refractivity contribution is 5.94. The molecule has 0 saturated carbocycles. The Labute approximate surface area is 167 Å². The van der Waals surface area contributed by atoms with E-state index in [0.29, 0.717) is 12.2 Å². The molecule has 0 radical (unpaired) electrons. The van der Waals surface area contributed by atoms with Crippen molar-refractivity contribution in [2.45, 2.75) is 41.5 Å². The normalized spacial score (nSPS) is 11.7. The molecular weight excluding hydrogens is 344 g/mol. The van der Waals surface area contributed by atoms with E-state index in [1.165, 1.54) is 44.2 Å². The van der Waals surface area contributed by atoms with Gasteiger partial charge in [0.1, 0.15) is 0 Å². The van der Waals surface area contributed by atoms with E-state index in [-0.39, 0.29) is 5.97 Å². The third-order valence-corrected chi connectivity index (χ3v) is 5.78. The van der Waals surface area contributed by atoms with Crippen molar-refractivity contribution in [3.05, 3.63) is 81.4 Å². The number of hydrogen-bond acceptors (Lipinski definition) is 2. The van der Waals surface area contributed by atoms with Crippen molar-refractivity contribution in [1.82, 2.24) is 0 Å². The van der Waals surface area contributed by atoms with Crippen LogP contribution in [-0.2, 0) is 4.74 Å². The van der Waals surface area contributed by atoms with Crippen LogP contribution in [0.25, 0.3) is 22.4 Å². The summed E-state index contributed by atoms with van der Waals surface area (Å²) in [6.07, 6.45) is 2.15.